The molecular formula is C10H8Cl2O3. The molecule has 1 aromatic carbocycles. The van der Waals surface area contributed by atoms with Gasteiger partial charge in [0.05, 0.1) is 17.2 Å². The number of aliphatic carboxylic acids is 1. The lowest BCUT2D eigenvalue weighted by Gasteiger charge is -2.06. The molecule has 0 saturated carbocycles. The van der Waals surface area contributed by atoms with Crippen LogP contribution in [0, 0.1) is 0 Å². The number of carboxylic acid groups (broad SMARTS) is 1. The molecule has 1 N–H and O–H groups in total. The highest BCUT2D eigenvalue weighted by molar-refractivity contribution is 6.42. The minimum Gasteiger partial charge on any atom is -0.496 e. The molecule has 0 fully saturated rings. The largest absolute Gasteiger partial charge is 0.496 e. The van der Waals surface area contributed by atoms with E-state index in [1.807, 2.05) is 0 Å². The molecule has 80 valence electrons. The maximum atomic E-state index is 10.3. The number of ether oxygens (including phenoxy) is 1. The van der Waals surface area contributed by atoms with Crippen LogP contribution in [0.25, 0.3) is 6.08 Å². The minimum atomic E-state index is -1.04. The Bertz CT molecular complexity index is 413. The van der Waals surface area contributed by atoms with Crippen LogP contribution in [0.3, 0.4) is 0 Å². The average molecular weight is 247 g/mol. The maximum Gasteiger partial charge on any atom is 0.328 e. The normalized spacial score (nSPS) is 10.6. The lowest BCUT2D eigenvalue weighted by atomic mass is 10.2. The minimum absolute atomic E-state index is 0.350. The quantitative estimate of drug-likeness (QED) is 0.834. The van der Waals surface area contributed by atoms with Crippen LogP contribution in [0.5, 0.6) is 5.75 Å². The van der Waals surface area contributed by atoms with E-state index in [0.29, 0.717) is 21.4 Å². The van der Waals surface area contributed by atoms with Crippen molar-refractivity contribution in [2.45, 2.75) is 0 Å². The van der Waals surface area contributed by atoms with Gasteiger partial charge in [-0.25, -0.2) is 4.79 Å². The fourth-order valence-corrected chi connectivity index (χ4v) is 1.34. The van der Waals surface area contributed by atoms with Crippen molar-refractivity contribution in [3.05, 3.63) is 33.8 Å². The number of hydrogen-bond acceptors (Lipinski definition) is 2. The number of benzene rings is 1. The summed E-state index contributed by atoms with van der Waals surface area (Å²) < 4.78 is 5.03. The molecule has 15 heavy (non-hydrogen) atoms. The van der Waals surface area contributed by atoms with Gasteiger partial charge in [0.25, 0.3) is 0 Å². The summed E-state index contributed by atoms with van der Waals surface area (Å²) in [4.78, 5) is 10.3. The molecule has 1 rings (SSSR count). The Morgan fingerprint density at radius 2 is 2.00 bits per heavy atom. The fourth-order valence-electron chi connectivity index (χ4n) is 1.01. The highest BCUT2D eigenvalue weighted by Gasteiger charge is 2.05. The van der Waals surface area contributed by atoms with E-state index >= 15 is 0 Å². The van der Waals surface area contributed by atoms with Crippen LogP contribution in [-0.2, 0) is 4.79 Å². The Balaban J connectivity index is 3.16. The monoisotopic (exact) mass is 246 g/mol. The zero-order valence-corrected chi connectivity index (χ0v) is 9.34. The van der Waals surface area contributed by atoms with Crippen LogP contribution in [0.2, 0.25) is 10.0 Å². The van der Waals surface area contributed by atoms with Crippen molar-refractivity contribution in [1.29, 1.82) is 0 Å². The van der Waals surface area contributed by atoms with Crippen LogP contribution < -0.4 is 4.74 Å². The summed E-state index contributed by atoms with van der Waals surface area (Å²) in [5.41, 5.74) is 0.564. The van der Waals surface area contributed by atoms with Crippen LogP contribution in [-0.4, -0.2) is 18.2 Å². The molecule has 0 aliphatic rings. The Kier molecular flexibility index (Phi) is 4.00. The van der Waals surface area contributed by atoms with E-state index in [9.17, 15) is 4.79 Å². The van der Waals surface area contributed by atoms with Gasteiger partial charge in [0.15, 0.2) is 0 Å². The van der Waals surface area contributed by atoms with E-state index in [0.717, 1.165) is 6.08 Å². The zero-order valence-electron chi connectivity index (χ0n) is 7.83. The molecule has 0 heterocycles. The predicted octanol–water partition coefficient (Wildman–Crippen LogP) is 3.10. The van der Waals surface area contributed by atoms with E-state index in [1.165, 1.54) is 19.3 Å². The molecule has 0 spiro atoms. The number of halogens is 2. The summed E-state index contributed by atoms with van der Waals surface area (Å²) in [6.07, 6.45) is 2.39. The van der Waals surface area contributed by atoms with Gasteiger partial charge in [0.2, 0.25) is 0 Å². The SMILES string of the molecule is COc1cc(Cl)c(Cl)cc1/C=C\C(=O)O. The number of rotatable bonds is 3. The first kappa shape index (κ1) is 11.9. The van der Waals surface area contributed by atoms with E-state index in [2.05, 4.69) is 0 Å². The summed E-state index contributed by atoms with van der Waals surface area (Å²) >= 11 is 11.6. The second kappa shape index (κ2) is 5.05. The Hall–Kier alpha value is -1.19. The molecule has 1 aromatic rings. The van der Waals surface area contributed by atoms with Crippen LogP contribution >= 0.6 is 23.2 Å². The van der Waals surface area contributed by atoms with Crippen LogP contribution in [0.4, 0.5) is 0 Å². The van der Waals surface area contributed by atoms with E-state index in [1.54, 1.807) is 6.07 Å². The van der Waals surface area contributed by atoms with Crippen LogP contribution in [0.15, 0.2) is 18.2 Å². The van der Waals surface area contributed by atoms with Crippen molar-refractivity contribution in [2.75, 3.05) is 7.11 Å². The first-order valence-corrected chi connectivity index (χ1v) is 4.74. The number of hydrogen-bond donors (Lipinski definition) is 1. The summed E-state index contributed by atoms with van der Waals surface area (Å²) in [5.74, 6) is -0.565. The Morgan fingerprint density at radius 3 is 2.53 bits per heavy atom. The summed E-state index contributed by atoms with van der Waals surface area (Å²) in [5, 5.41) is 9.19. The van der Waals surface area contributed by atoms with Gasteiger partial charge in [-0.1, -0.05) is 23.2 Å². The Labute approximate surface area is 96.9 Å². The van der Waals surface area contributed by atoms with Gasteiger partial charge in [0, 0.05) is 17.7 Å². The van der Waals surface area contributed by atoms with Gasteiger partial charge in [0.1, 0.15) is 5.75 Å². The number of methoxy groups -OCH3 is 1. The van der Waals surface area contributed by atoms with E-state index in [4.69, 9.17) is 33.0 Å². The molecule has 0 aliphatic heterocycles. The molecule has 0 radical (unpaired) electrons. The van der Waals surface area contributed by atoms with Crippen molar-refractivity contribution in [1.82, 2.24) is 0 Å². The smallest absolute Gasteiger partial charge is 0.328 e. The molecule has 0 amide bonds. The van der Waals surface area contributed by atoms with Gasteiger partial charge in [-0.15, -0.1) is 0 Å². The van der Waals surface area contributed by atoms with E-state index < -0.39 is 5.97 Å². The topological polar surface area (TPSA) is 46.5 Å². The maximum absolute atomic E-state index is 10.3. The standard InChI is InChI=1S/C10H8Cl2O3/c1-15-9-5-8(12)7(11)4-6(9)2-3-10(13)14/h2-5H,1H3,(H,13,14)/b3-2-. The summed E-state index contributed by atoms with van der Waals surface area (Å²) in [6.45, 7) is 0. The first-order chi connectivity index (χ1) is 7.04. The second-order valence-electron chi connectivity index (χ2n) is 2.68. The van der Waals surface area contributed by atoms with Gasteiger partial charge in [-0.3, -0.25) is 0 Å². The van der Waals surface area contributed by atoms with Crippen molar-refractivity contribution >= 4 is 35.2 Å². The van der Waals surface area contributed by atoms with Gasteiger partial charge in [-0.2, -0.15) is 0 Å². The molecule has 0 bridgehead atoms. The van der Waals surface area contributed by atoms with Crippen molar-refractivity contribution in [3.63, 3.8) is 0 Å². The third-order valence-corrected chi connectivity index (χ3v) is 2.40. The molecular weight excluding hydrogens is 239 g/mol. The third-order valence-electron chi connectivity index (χ3n) is 1.68. The molecule has 0 unspecified atom stereocenters. The molecule has 5 heteroatoms. The Morgan fingerprint density at radius 1 is 1.40 bits per heavy atom. The highest BCUT2D eigenvalue weighted by atomic mass is 35.5. The highest BCUT2D eigenvalue weighted by Crippen LogP contribution is 2.31. The fraction of sp³-hybridized carbons (Fsp3) is 0.100. The zero-order chi connectivity index (χ0) is 11.4. The van der Waals surface area contributed by atoms with Gasteiger partial charge >= 0.3 is 5.97 Å². The number of carbonyl (C=O) groups is 1. The molecule has 3 nitrogen and oxygen atoms in total. The predicted molar refractivity (Wildman–Crippen MR) is 59.7 cm³/mol. The second-order valence-corrected chi connectivity index (χ2v) is 3.49. The number of carboxylic acids is 1. The molecule has 0 aromatic heterocycles. The van der Waals surface area contributed by atoms with Crippen LogP contribution in [0.1, 0.15) is 5.56 Å². The van der Waals surface area contributed by atoms with E-state index in [-0.39, 0.29) is 0 Å². The first-order valence-electron chi connectivity index (χ1n) is 3.98. The molecule has 0 atom stereocenters. The van der Waals surface area contributed by atoms with Gasteiger partial charge in [-0.05, 0) is 12.1 Å². The molecule has 0 aliphatic carbocycles. The lowest BCUT2D eigenvalue weighted by Crippen LogP contribution is -1.90. The summed E-state index contributed by atoms with van der Waals surface area (Å²) in [7, 11) is 1.47. The van der Waals surface area contributed by atoms with Crippen molar-refractivity contribution in [2.24, 2.45) is 0 Å². The van der Waals surface area contributed by atoms with Crippen molar-refractivity contribution < 1.29 is 14.6 Å². The summed E-state index contributed by atoms with van der Waals surface area (Å²) in [6, 6.07) is 3.08. The molecule has 0 saturated heterocycles. The van der Waals surface area contributed by atoms with Crippen molar-refractivity contribution in [3.8, 4) is 5.75 Å². The third kappa shape index (κ3) is 3.15. The van der Waals surface area contributed by atoms with Gasteiger partial charge < -0.3 is 9.84 Å². The lowest BCUT2D eigenvalue weighted by molar-refractivity contribution is -0.131. The average Bonchev–Trinajstić information content (AvgIpc) is 2.19.